The van der Waals surface area contributed by atoms with Gasteiger partial charge in [-0.3, -0.25) is 4.99 Å². The van der Waals surface area contributed by atoms with Crippen molar-refractivity contribution in [1.82, 2.24) is 15.5 Å². The fourth-order valence-electron chi connectivity index (χ4n) is 1.52. The van der Waals surface area contributed by atoms with Gasteiger partial charge in [0.25, 0.3) is 0 Å². The van der Waals surface area contributed by atoms with Crippen molar-refractivity contribution in [3.8, 4) is 0 Å². The summed E-state index contributed by atoms with van der Waals surface area (Å²) in [6.45, 7) is 4.78. The van der Waals surface area contributed by atoms with Crippen LogP contribution in [0.25, 0.3) is 0 Å². The molecule has 0 atom stereocenters. The maximum atomic E-state index is 5.73. The predicted octanol–water partition coefficient (Wildman–Crippen LogP) is 1.19. The third-order valence-corrected chi connectivity index (χ3v) is 2.76. The van der Waals surface area contributed by atoms with E-state index >= 15 is 0 Å². The molecule has 1 aromatic heterocycles. The normalized spacial score (nSPS) is 16.3. The molecule has 0 amide bonds. The van der Waals surface area contributed by atoms with Gasteiger partial charge in [0.15, 0.2) is 11.8 Å². The SMILES string of the molecule is CC(C)c1noc(CCCN=C(N)NC2CC2)n1. The summed E-state index contributed by atoms with van der Waals surface area (Å²) in [6, 6.07) is 0.554. The minimum atomic E-state index is 0.305. The Labute approximate surface area is 107 Å². The Hall–Kier alpha value is -1.59. The first-order valence-electron chi connectivity index (χ1n) is 6.54. The molecule has 1 fully saturated rings. The number of hydrogen-bond acceptors (Lipinski definition) is 4. The molecule has 0 spiro atoms. The zero-order valence-corrected chi connectivity index (χ0v) is 11.0. The van der Waals surface area contributed by atoms with E-state index in [1.807, 2.05) is 13.8 Å². The van der Waals surface area contributed by atoms with E-state index in [2.05, 4.69) is 20.4 Å². The molecule has 6 heteroatoms. The third-order valence-electron chi connectivity index (χ3n) is 2.76. The summed E-state index contributed by atoms with van der Waals surface area (Å²) in [4.78, 5) is 8.57. The molecule has 1 aliphatic rings. The van der Waals surface area contributed by atoms with E-state index in [1.165, 1.54) is 12.8 Å². The molecule has 6 nitrogen and oxygen atoms in total. The summed E-state index contributed by atoms with van der Waals surface area (Å²) >= 11 is 0. The maximum Gasteiger partial charge on any atom is 0.226 e. The highest BCUT2D eigenvalue weighted by molar-refractivity contribution is 5.78. The first kappa shape index (κ1) is 12.9. The Kier molecular flexibility index (Phi) is 4.17. The highest BCUT2D eigenvalue weighted by atomic mass is 16.5. The van der Waals surface area contributed by atoms with E-state index in [4.69, 9.17) is 10.3 Å². The molecule has 2 rings (SSSR count). The lowest BCUT2D eigenvalue weighted by Gasteiger charge is -2.01. The molecule has 1 saturated carbocycles. The molecule has 1 aliphatic carbocycles. The van der Waals surface area contributed by atoms with E-state index in [1.54, 1.807) is 0 Å². The van der Waals surface area contributed by atoms with Crippen LogP contribution in [0.5, 0.6) is 0 Å². The molecule has 1 heterocycles. The minimum absolute atomic E-state index is 0.305. The largest absolute Gasteiger partial charge is 0.370 e. The zero-order chi connectivity index (χ0) is 13.0. The Morgan fingerprint density at radius 1 is 1.56 bits per heavy atom. The monoisotopic (exact) mass is 251 g/mol. The van der Waals surface area contributed by atoms with Gasteiger partial charge in [0.05, 0.1) is 0 Å². The Balaban J connectivity index is 1.67. The Morgan fingerprint density at radius 2 is 2.33 bits per heavy atom. The van der Waals surface area contributed by atoms with Crippen molar-refractivity contribution < 1.29 is 4.52 Å². The van der Waals surface area contributed by atoms with Gasteiger partial charge in [-0.05, 0) is 19.3 Å². The highest BCUT2D eigenvalue weighted by Gasteiger charge is 2.21. The number of aliphatic imine (C=N–C) groups is 1. The van der Waals surface area contributed by atoms with Gasteiger partial charge in [-0.25, -0.2) is 0 Å². The predicted molar refractivity (Wildman–Crippen MR) is 69.4 cm³/mol. The highest BCUT2D eigenvalue weighted by Crippen LogP contribution is 2.18. The second-order valence-corrected chi connectivity index (χ2v) is 4.99. The third kappa shape index (κ3) is 4.01. The topological polar surface area (TPSA) is 89.3 Å². The number of rotatable bonds is 6. The fraction of sp³-hybridized carbons (Fsp3) is 0.750. The average Bonchev–Trinajstić information content (AvgIpc) is 2.99. The van der Waals surface area contributed by atoms with Crippen LogP contribution in [0.1, 0.15) is 50.7 Å². The molecule has 0 bridgehead atoms. The van der Waals surface area contributed by atoms with Gasteiger partial charge in [-0.15, -0.1) is 0 Å². The number of guanidine groups is 1. The summed E-state index contributed by atoms with van der Waals surface area (Å²) in [5.41, 5.74) is 5.73. The van der Waals surface area contributed by atoms with Gasteiger partial charge in [0.2, 0.25) is 5.89 Å². The molecule has 0 radical (unpaired) electrons. The van der Waals surface area contributed by atoms with Gasteiger partial charge < -0.3 is 15.6 Å². The van der Waals surface area contributed by atoms with E-state index in [-0.39, 0.29) is 0 Å². The number of aromatic nitrogens is 2. The van der Waals surface area contributed by atoms with Crippen LogP contribution >= 0.6 is 0 Å². The standard InChI is InChI=1S/C12H21N5O/c1-8(2)11-16-10(18-17-11)4-3-7-14-12(13)15-9-5-6-9/h8-9H,3-7H2,1-2H3,(H3,13,14,15). The molecule has 100 valence electrons. The first-order chi connectivity index (χ1) is 8.65. The van der Waals surface area contributed by atoms with Crippen LogP contribution in [0.4, 0.5) is 0 Å². The van der Waals surface area contributed by atoms with Gasteiger partial charge >= 0.3 is 0 Å². The molecule has 18 heavy (non-hydrogen) atoms. The van der Waals surface area contributed by atoms with Crippen LogP contribution in [0.3, 0.4) is 0 Å². The summed E-state index contributed by atoms with van der Waals surface area (Å²) in [5, 5.41) is 7.07. The van der Waals surface area contributed by atoms with Gasteiger partial charge in [0.1, 0.15) is 0 Å². The summed E-state index contributed by atoms with van der Waals surface area (Å²) in [7, 11) is 0. The quantitative estimate of drug-likeness (QED) is 0.450. The number of nitrogens with zero attached hydrogens (tertiary/aromatic N) is 3. The zero-order valence-electron chi connectivity index (χ0n) is 11.0. The maximum absolute atomic E-state index is 5.73. The molecule has 0 unspecified atom stereocenters. The molecule has 1 aromatic rings. The van der Waals surface area contributed by atoms with Gasteiger partial charge in [-0.2, -0.15) is 4.98 Å². The molecule has 0 saturated heterocycles. The van der Waals surface area contributed by atoms with Gasteiger partial charge in [0, 0.05) is 24.9 Å². The number of nitrogens with one attached hydrogen (secondary N) is 1. The van der Waals surface area contributed by atoms with Crippen molar-refractivity contribution in [1.29, 1.82) is 0 Å². The van der Waals surface area contributed by atoms with Gasteiger partial charge in [-0.1, -0.05) is 19.0 Å². The molecule has 3 N–H and O–H groups in total. The Morgan fingerprint density at radius 3 is 2.94 bits per heavy atom. The van der Waals surface area contributed by atoms with Crippen molar-refractivity contribution in [3.05, 3.63) is 11.7 Å². The molecule has 0 aromatic carbocycles. The number of hydrogen-bond donors (Lipinski definition) is 2. The van der Waals surface area contributed by atoms with Crippen LogP contribution in [0.15, 0.2) is 9.52 Å². The van der Waals surface area contributed by atoms with Crippen molar-refractivity contribution in [2.75, 3.05) is 6.54 Å². The first-order valence-corrected chi connectivity index (χ1v) is 6.54. The average molecular weight is 251 g/mol. The van der Waals surface area contributed by atoms with Crippen molar-refractivity contribution in [2.45, 2.75) is 51.5 Å². The van der Waals surface area contributed by atoms with E-state index in [0.29, 0.717) is 30.4 Å². The smallest absolute Gasteiger partial charge is 0.226 e. The summed E-state index contributed by atoms with van der Waals surface area (Å²) < 4.78 is 5.15. The lowest BCUT2D eigenvalue weighted by Crippen LogP contribution is -2.33. The van der Waals surface area contributed by atoms with Crippen LogP contribution in [-0.4, -0.2) is 28.7 Å². The van der Waals surface area contributed by atoms with Crippen molar-refractivity contribution in [3.63, 3.8) is 0 Å². The van der Waals surface area contributed by atoms with Crippen LogP contribution in [-0.2, 0) is 6.42 Å². The number of nitrogens with two attached hydrogens (primary N) is 1. The van der Waals surface area contributed by atoms with E-state index < -0.39 is 0 Å². The van der Waals surface area contributed by atoms with E-state index in [9.17, 15) is 0 Å². The molecular formula is C12H21N5O. The summed E-state index contributed by atoms with van der Waals surface area (Å²) in [5.74, 6) is 2.30. The van der Waals surface area contributed by atoms with Crippen LogP contribution in [0.2, 0.25) is 0 Å². The Bertz CT molecular complexity index is 408. The molecular weight excluding hydrogens is 230 g/mol. The van der Waals surface area contributed by atoms with Crippen LogP contribution in [0, 0.1) is 0 Å². The number of aryl methyl sites for hydroxylation is 1. The fourth-order valence-corrected chi connectivity index (χ4v) is 1.52. The minimum Gasteiger partial charge on any atom is -0.370 e. The lowest BCUT2D eigenvalue weighted by atomic mass is 10.2. The van der Waals surface area contributed by atoms with Crippen molar-refractivity contribution in [2.24, 2.45) is 10.7 Å². The second kappa shape index (κ2) is 5.84. The van der Waals surface area contributed by atoms with Crippen LogP contribution < -0.4 is 11.1 Å². The van der Waals surface area contributed by atoms with E-state index in [0.717, 1.165) is 18.7 Å². The lowest BCUT2D eigenvalue weighted by molar-refractivity contribution is 0.369. The second-order valence-electron chi connectivity index (χ2n) is 4.99. The van der Waals surface area contributed by atoms with Crippen molar-refractivity contribution >= 4 is 5.96 Å². The summed E-state index contributed by atoms with van der Waals surface area (Å²) in [6.07, 6.45) is 4.03. The molecule has 0 aliphatic heterocycles.